The molecule has 1 aliphatic carbocycles. The molecule has 24 heavy (non-hydrogen) atoms. The number of hydrogen-bond acceptors (Lipinski definition) is 3. The fourth-order valence-corrected chi connectivity index (χ4v) is 2.61. The summed E-state index contributed by atoms with van der Waals surface area (Å²) in [5, 5.41) is 9.00. The minimum atomic E-state index is -0.468. The second-order valence-corrected chi connectivity index (χ2v) is 5.92. The van der Waals surface area contributed by atoms with Gasteiger partial charge in [0, 0.05) is 23.7 Å². The van der Waals surface area contributed by atoms with E-state index in [4.69, 9.17) is 11.0 Å². The monoisotopic (exact) mass is 319 g/mol. The first kappa shape index (κ1) is 15.8. The van der Waals surface area contributed by atoms with Crippen molar-refractivity contribution in [2.75, 3.05) is 0 Å². The molecule has 2 aromatic rings. The van der Waals surface area contributed by atoms with Crippen LogP contribution in [0, 0.1) is 11.3 Å². The maximum Gasteiger partial charge on any atom is 0.254 e. The maximum atomic E-state index is 12.8. The summed E-state index contributed by atoms with van der Waals surface area (Å²) in [6.07, 6.45) is 1.98. The highest BCUT2D eigenvalue weighted by molar-refractivity contribution is 5.95. The molecule has 0 atom stereocenters. The molecular formula is C19H17N3O2. The van der Waals surface area contributed by atoms with Gasteiger partial charge in [-0.3, -0.25) is 9.59 Å². The van der Waals surface area contributed by atoms with E-state index in [1.54, 1.807) is 36.4 Å². The average molecular weight is 319 g/mol. The SMILES string of the molecule is N#Cc1cccc(C(=O)N(Cc2ccc(C(N)=O)cc2)C2CC2)c1. The van der Waals surface area contributed by atoms with Gasteiger partial charge in [-0.2, -0.15) is 5.26 Å². The number of nitriles is 1. The van der Waals surface area contributed by atoms with E-state index in [-0.39, 0.29) is 11.9 Å². The van der Waals surface area contributed by atoms with E-state index in [1.165, 1.54) is 0 Å². The Balaban J connectivity index is 1.81. The van der Waals surface area contributed by atoms with Crippen molar-refractivity contribution >= 4 is 11.8 Å². The Morgan fingerprint density at radius 1 is 1.12 bits per heavy atom. The van der Waals surface area contributed by atoms with Gasteiger partial charge < -0.3 is 10.6 Å². The van der Waals surface area contributed by atoms with Crippen LogP contribution >= 0.6 is 0 Å². The largest absolute Gasteiger partial charge is 0.366 e. The van der Waals surface area contributed by atoms with Gasteiger partial charge in [0.05, 0.1) is 11.6 Å². The van der Waals surface area contributed by atoms with E-state index >= 15 is 0 Å². The zero-order valence-corrected chi connectivity index (χ0v) is 13.1. The van der Waals surface area contributed by atoms with Gasteiger partial charge in [0.2, 0.25) is 5.91 Å². The van der Waals surface area contributed by atoms with Crippen LogP contribution in [-0.2, 0) is 6.54 Å². The second kappa shape index (κ2) is 6.55. The first-order chi connectivity index (χ1) is 11.6. The number of carbonyl (C=O) groups is 2. The summed E-state index contributed by atoms with van der Waals surface area (Å²) in [4.78, 5) is 25.8. The highest BCUT2D eigenvalue weighted by atomic mass is 16.2. The lowest BCUT2D eigenvalue weighted by Gasteiger charge is -2.23. The third kappa shape index (κ3) is 3.44. The molecule has 120 valence electrons. The Labute approximate surface area is 140 Å². The number of rotatable bonds is 5. The van der Waals surface area contributed by atoms with Crippen molar-refractivity contribution in [3.8, 4) is 6.07 Å². The maximum absolute atomic E-state index is 12.8. The van der Waals surface area contributed by atoms with Crippen LogP contribution in [0.1, 0.15) is 44.7 Å². The van der Waals surface area contributed by atoms with Gasteiger partial charge in [-0.25, -0.2) is 0 Å². The normalized spacial score (nSPS) is 13.1. The molecule has 1 fully saturated rings. The lowest BCUT2D eigenvalue weighted by molar-refractivity contribution is 0.0729. The Morgan fingerprint density at radius 3 is 2.42 bits per heavy atom. The number of amides is 2. The van der Waals surface area contributed by atoms with Crippen LogP contribution in [0.3, 0.4) is 0 Å². The molecule has 0 saturated heterocycles. The summed E-state index contributed by atoms with van der Waals surface area (Å²) in [5.74, 6) is -0.543. The van der Waals surface area contributed by atoms with Crippen molar-refractivity contribution in [2.45, 2.75) is 25.4 Å². The molecule has 2 aromatic carbocycles. The van der Waals surface area contributed by atoms with E-state index in [9.17, 15) is 9.59 Å². The quantitative estimate of drug-likeness (QED) is 0.918. The number of primary amides is 1. The molecule has 2 N–H and O–H groups in total. The molecule has 0 aliphatic heterocycles. The molecule has 3 rings (SSSR count). The van der Waals surface area contributed by atoms with Crippen LogP contribution in [0.25, 0.3) is 0 Å². The first-order valence-electron chi connectivity index (χ1n) is 7.78. The van der Waals surface area contributed by atoms with E-state index in [0.29, 0.717) is 23.2 Å². The zero-order chi connectivity index (χ0) is 17.1. The van der Waals surface area contributed by atoms with Crippen LogP contribution in [-0.4, -0.2) is 22.8 Å². The lowest BCUT2D eigenvalue weighted by Crippen LogP contribution is -2.32. The smallest absolute Gasteiger partial charge is 0.254 e. The Kier molecular flexibility index (Phi) is 4.30. The number of nitrogens with zero attached hydrogens (tertiary/aromatic N) is 2. The predicted molar refractivity (Wildman–Crippen MR) is 89.0 cm³/mol. The van der Waals surface area contributed by atoms with E-state index in [1.807, 2.05) is 17.0 Å². The molecule has 1 saturated carbocycles. The molecule has 5 heteroatoms. The number of carbonyl (C=O) groups excluding carboxylic acids is 2. The second-order valence-electron chi connectivity index (χ2n) is 5.92. The van der Waals surface area contributed by atoms with Crippen molar-refractivity contribution in [3.05, 3.63) is 70.8 Å². The van der Waals surface area contributed by atoms with Gasteiger partial charge in [-0.05, 0) is 48.7 Å². The summed E-state index contributed by atoms with van der Waals surface area (Å²) in [5.41, 5.74) is 7.63. The molecule has 0 heterocycles. The topological polar surface area (TPSA) is 87.2 Å². The van der Waals surface area contributed by atoms with Crippen LogP contribution in [0.5, 0.6) is 0 Å². The molecule has 0 aromatic heterocycles. The molecule has 1 aliphatic rings. The van der Waals surface area contributed by atoms with E-state index in [0.717, 1.165) is 18.4 Å². The summed E-state index contributed by atoms with van der Waals surface area (Å²) >= 11 is 0. The van der Waals surface area contributed by atoms with Crippen molar-refractivity contribution in [1.29, 1.82) is 5.26 Å². The molecule has 0 unspecified atom stereocenters. The van der Waals surface area contributed by atoms with E-state index in [2.05, 4.69) is 6.07 Å². The number of benzene rings is 2. The van der Waals surface area contributed by atoms with Gasteiger partial charge >= 0.3 is 0 Å². The highest BCUT2D eigenvalue weighted by Gasteiger charge is 2.33. The van der Waals surface area contributed by atoms with Crippen molar-refractivity contribution < 1.29 is 9.59 Å². The predicted octanol–water partition coefficient (Wildman–Crippen LogP) is 2.46. The van der Waals surface area contributed by atoms with Gasteiger partial charge in [0.25, 0.3) is 5.91 Å². The Morgan fingerprint density at radius 2 is 1.83 bits per heavy atom. The fourth-order valence-electron chi connectivity index (χ4n) is 2.61. The molecule has 2 amide bonds. The van der Waals surface area contributed by atoms with Crippen molar-refractivity contribution in [2.24, 2.45) is 5.73 Å². The van der Waals surface area contributed by atoms with Crippen molar-refractivity contribution in [1.82, 2.24) is 4.90 Å². The third-order valence-corrected chi connectivity index (χ3v) is 4.08. The van der Waals surface area contributed by atoms with Gasteiger partial charge in [-0.1, -0.05) is 18.2 Å². The summed E-state index contributed by atoms with van der Waals surface area (Å²) < 4.78 is 0. The van der Waals surface area contributed by atoms with Gasteiger partial charge in [0.15, 0.2) is 0 Å². The minimum Gasteiger partial charge on any atom is -0.366 e. The van der Waals surface area contributed by atoms with Crippen LogP contribution in [0.4, 0.5) is 0 Å². The van der Waals surface area contributed by atoms with Crippen LogP contribution in [0.2, 0.25) is 0 Å². The molecular weight excluding hydrogens is 302 g/mol. The average Bonchev–Trinajstić information content (AvgIpc) is 3.44. The summed E-state index contributed by atoms with van der Waals surface area (Å²) in [6, 6.07) is 16.0. The Hall–Kier alpha value is -3.13. The summed E-state index contributed by atoms with van der Waals surface area (Å²) in [7, 11) is 0. The van der Waals surface area contributed by atoms with Crippen molar-refractivity contribution in [3.63, 3.8) is 0 Å². The van der Waals surface area contributed by atoms with Crippen LogP contribution < -0.4 is 5.73 Å². The number of hydrogen-bond donors (Lipinski definition) is 1. The molecule has 0 spiro atoms. The summed E-state index contributed by atoms with van der Waals surface area (Å²) in [6.45, 7) is 0.472. The van der Waals surface area contributed by atoms with Gasteiger partial charge in [0.1, 0.15) is 0 Å². The van der Waals surface area contributed by atoms with E-state index < -0.39 is 5.91 Å². The Bertz CT molecular complexity index is 817. The standard InChI is InChI=1S/C19H17N3O2/c20-11-14-2-1-3-16(10-14)19(24)22(17-8-9-17)12-13-4-6-15(7-5-13)18(21)23/h1-7,10,17H,8-9,12H2,(H2,21,23). The molecule has 0 bridgehead atoms. The fraction of sp³-hybridized carbons (Fsp3) is 0.211. The molecule has 0 radical (unpaired) electrons. The lowest BCUT2D eigenvalue weighted by atomic mass is 10.1. The van der Waals surface area contributed by atoms with Gasteiger partial charge in [-0.15, -0.1) is 0 Å². The molecule has 5 nitrogen and oxygen atoms in total. The first-order valence-corrected chi connectivity index (χ1v) is 7.78. The van der Waals surface area contributed by atoms with Crippen LogP contribution in [0.15, 0.2) is 48.5 Å². The highest BCUT2D eigenvalue weighted by Crippen LogP contribution is 2.30. The third-order valence-electron chi connectivity index (χ3n) is 4.08. The minimum absolute atomic E-state index is 0.0754. The zero-order valence-electron chi connectivity index (χ0n) is 13.1. The number of nitrogens with two attached hydrogens (primary N) is 1.